The van der Waals surface area contributed by atoms with E-state index in [1.807, 2.05) is 9.80 Å². The third kappa shape index (κ3) is 1.82. The molecule has 0 spiro atoms. The van der Waals surface area contributed by atoms with E-state index in [9.17, 15) is 9.59 Å². The molecule has 2 aliphatic heterocycles. The molecule has 1 aliphatic carbocycles. The van der Waals surface area contributed by atoms with Crippen molar-refractivity contribution in [3.8, 4) is 0 Å². The maximum atomic E-state index is 12.4. The first kappa shape index (κ1) is 11.9. The highest BCUT2D eigenvalue weighted by molar-refractivity contribution is 5.93. The molecule has 1 aromatic heterocycles. The van der Waals surface area contributed by atoms with E-state index < -0.39 is 0 Å². The standard InChI is InChI=1S/C14H18N4O2/c19-13-7-12-11(18(13)8-9-1-2-9)4-6-17(12)14(20)10-3-5-15-16-10/h3,5,9,11-12H,1-2,4,6-8H2,(H,15,16). The smallest absolute Gasteiger partial charge is 0.272 e. The lowest BCUT2D eigenvalue weighted by atomic mass is 10.1. The van der Waals surface area contributed by atoms with Gasteiger partial charge < -0.3 is 9.80 Å². The van der Waals surface area contributed by atoms with Gasteiger partial charge in [0.2, 0.25) is 5.91 Å². The monoisotopic (exact) mass is 274 g/mol. The Balaban J connectivity index is 1.52. The van der Waals surface area contributed by atoms with Gasteiger partial charge in [0.15, 0.2) is 0 Å². The number of likely N-dealkylation sites (tertiary alicyclic amines) is 2. The summed E-state index contributed by atoms with van der Waals surface area (Å²) in [6.45, 7) is 1.63. The van der Waals surface area contributed by atoms with E-state index in [-0.39, 0.29) is 23.9 Å². The highest BCUT2D eigenvalue weighted by atomic mass is 16.2. The number of amides is 2. The molecule has 2 saturated heterocycles. The van der Waals surface area contributed by atoms with Gasteiger partial charge in [-0.3, -0.25) is 14.7 Å². The molecular weight excluding hydrogens is 256 g/mol. The third-order valence-electron chi connectivity index (χ3n) is 4.76. The second kappa shape index (κ2) is 4.33. The lowest BCUT2D eigenvalue weighted by Crippen LogP contribution is -2.40. The molecule has 2 amide bonds. The molecule has 1 N–H and O–H groups in total. The van der Waals surface area contributed by atoms with Crippen molar-refractivity contribution in [2.75, 3.05) is 13.1 Å². The van der Waals surface area contributed by atoms with Crippen molar-refractivity contribution < 1.29 is 9.59 Å². The van der Waals surface area contributed by atoms with Crippen molar-refractivity contribution in [3.05, 3.63) is 18.0 Å². The molecule has 2 unspecified atom stereocenters. The largest absolute Gasteiger partial charge is 0.337 e. The zero-order valence-electron chi connectivity index (χ0n) is 11.3. The van der Waals surface area contributed by atoms with Crippen LogP contribution in [0.15, 0.2) is 12.3 Å². The fourth-order valence-corrected chi connectivity index (χ4v) is 3.53. The van der Waals surface area contributed by atoms with Crippen LogP contribution in [-0.2, 0) is 4.79 Å². The van der Waals surface area contributed by atoms with Crippen LogP contribution < -0.4 is 0 Å². The second-order valence-electron chi connectivity index (χ2n) is 6.09. The molecule has 106 valence electrons. The minimum absolute atomic E-state index is 0.0314. The molecule has 20 heavy (non-hydrogen) atoms. The van der Waals surface area contributed by atoms with Crippen LogP contribution in [0.5, 0.6) is 0 Å². The molecule has 0 aromatic carbocycles. The lowest BCUT2D eigenvalue weighted by Gasteiger charge is -2.25. The summed E-state index contributed by atoms with van der Waals surface area (Å²) in [5.74, 6) is 0.889. The van der Waals surface area contributed by atoms with E-state index in [2.05, 4.69) is 10.2 Å². The van der Waals surface area contributed by atoms with Gasteiger partial charge in [-0.15, -0.1) is 0 Å². The number of nitrogens with one attached hydrogen (secondary N) is 1. The summed E-state index contributed by atoms with van der Waals surface area (Å²) in [6.07, 6.45) is 5.47. The first-order valence-electron chi connectivity index (χ1n) is 7.34. The van der Waals surface area contributed by atoms with Crippen LogP contribution in [0.2, 0.25) is 0 Å². The van der Waals surface area contributed by atoms with Crippen LogP contribution in [0.25, 0.3) is 0 Å². The van der Waals surface area contributed by atoms with Gasteiger partial charge in [-0.2, -0.15) is 5.10 Å². The molecule has 2 atom stereocenters. The maximum Gasteiger partial charge on any atom is 0.272 e. The average molecular weight is 274 g/mol. The molecular formula is C14H18N4O2. The highest BCUT2D eigenvalue weighted by Crippen LogP contribution is 2.37. The molecule has 4 rings (SSSR count). The van der Waals surface area contributed by atoms with Gasteiger partial charge in [0.25, 0.3) is 5.91 Å². The molecule has 0 radical (unpaired) electrons. The Morgan fingerprint density at radius 1 is 1.35 bits per heavy atom. The highest BCUT2D eigenvalue weighted by Gasteiger charge is 2.49. The predicted molar refractivity (Wildman–Crippen MR) is 70.9 cm³/mol. The van der Waals surface area contributed by atoms with Crippen LogP contribution in [-0.4, -0.2) is 57.0 Å². The summed E-state index contributed by atoms with van der Waals surface area (Å²) in [6, 6.07) is 1.97. The Hall–Kier alpha value is -1.85. The summed E-state index contributed by atoms with van der Waals surface area (Å²) in [5.41, 5.74) is 0.513. The molecule has 6 nitrogen and oxygen atoms in total. The summed E-state index contributed by atoms with van der Waals surface area (Å²) >= 11 is 0. The number of carbonyl (C=O) groups is 2. The van der Waals surface area contributed by atoms with Gasteiger partial charge in [0.05, 0.1) is 12.1 Å². The molecule has 1 aromatic rings. The third-order valence-corrected chi connectivity index (χ3v) is 4.76. The minimum Gasteiger partial charge on any atom is -0.337 e. The van der Waals surface area contributed by atoms with Gasteiger partial charge >= 0.3 is 0 Å². The zero-order chi connectivity index (χ0) is 13.7. The number of aromatic amines is 1. The Morgan fingerprint density at radius 2 is 2.20 bits per heavy atom. The van der Waals surface area contributed by atoms with Crippen LogP contribution >= 0.6 is 0 Å². The number of carbonyl (C=O) groups excluding carboxylic acids is 2. The van der Waals surface area contributed by atoms with Gasteiger partial charge in [-0.1, -0.05) is 0 Å². The Labute approximate surface area is 117 Å². The van der Waals surface area contributed by atoms with Crippen molar-refractivity contribution in [1.29, 1.82) is 0 Å². The van der Waals surface area contributed by atoms with Crippen molar-refractivity contribution >= 4 is 11.8 Å². The van der Waals surface area contributed by atoms with Crippen molar-refractivity contribution in [2.24, 2.45) is 5.92 Å². The summed E-state index contributed by atoms with van der Waals surface area (Å²) < 4.78 is 0. The van der Waals surface area contributed by atoms with Gasteiger partial charge in [0, 0.05) is 25.7 Å². The van der Waals surface area contributed by atoms with Crippen molar-refractivity contribution in [3.63, 3.8) is 0 Å². The van der Waals surface area contributed by atoms with Gasteiger partial charge in [-0.05, 0) is 31.2 Å². The maximum absolute atomic E-state index is 12.4. The summed E-state index contributed by atoms with van der Waals surface area (Å²) in [4.78, 5) is 28.5. The van der Waals surface area contributed by atoms with Gasteiger partial charge in [-0.25, -0.2) is 0 Å². The number of nitrogens with zero attached hydrogens (tertiary/aromatic N) is 3. The molecule has 3 fully saturated rings. The van der Waals surface area contributed by atoms with E-state index in [0.717, 1.165) is 19.5 Å². The number of hydrogen-bond donors (Lipinski definition) is 1. The Kier molecular flexibility index (Phi) is 2.58. The topological polar surface area (TPSA) is 69.3 Å². The quantitative estimate of drug-likeness (QED) is 0.879. The van der Waals surface area contributed by atoms with E-state index >= 15 is 0 Å². The summed E-state index contributed by atoms with van der Waals surface area (Å²) in [7, 11) is 0. The number of fused-ring (bicyclic) bond motifs is 1. The minimum atomic E-state index is -0.0314. The summed E-state index contributed by atoms with van der Waals surface area (Å²) in [5, 5.41) is 6.55. The van der Waals surface area contributed by atoms with E-state index in [0.29, 0.717) is 18.0 Å². The van der Waals surface area contributed by atoms with E-state index in [4.69, 9.17) is 0 Å². The van der Waals surface area contributed by atoms with Crippen molar-refractivity contribution in [1.82, 2.24) is 20.0 Å². The molecule has 6 heteroatoms. The Bertz CT molecular complexity index is 537. The molecule has 3 heterocycles. The Morgan fingerprint density at radius 3 is 2.90 bits per heavy atom. The number of rotatable bonds is 3. The van der Waals surface area contributed by atoms with Crippen molar-refractivity contribution in [2.45, 2.75) is 37.8 Å². The second-order valence-corrected chi connectivity index (χ2v) is 6.09. The van der Waals surface area contributed by atoms with E-state index in [1.54, 1.807) is 12.3 Å². The number of H-pyrrole nitrogens is 1. The number of hydrogen-bond acceptors (Lipinski definition) is 3. The molecule has 3 aliphatic rings. The lowest BCUT2D eigenvalue weighted by molar-refractivity contribution is -0.129. The first-order chi connectivity index (χ1) is 9.74. The fraction of sp³-hybridized carbons (Fsp3) is 0.643. The SMILES string of the molecule is O=C1CC2C(CCN2C(=O)c2ccn[nH]2)N1CC1CC1. The fourth-order valence-electron chi connectivity index (χ4n) is 3.53. The van der Waals surface area contributed by atoms with Crippen LogP contribution in [0.1, 0.15) is 36.2 Å². The predicted octanol–water partition coefficient (Wildman–Crippen LogP) is 0.635. The number of aromatic nitrogens is 2. The normalized spacial score (nSPS) is 29.1. The molecule has 0 bridgehead atoms. The first-order valence-corrected chi connectivity index (χ1v) is 7.34. The van der Waals surface area contributed by atoms with Crippen LogP contribution in [0.4, 0.5) is 0 Å². The molecule has 1 saturated carbocycles. The van der Waals surface area contributed by atoms with Gasteiger partial charge in [0.1, 0.15) is 5.69 Å². The average Bonchev–Trinajstić information content (AvgIpc) is 2.87. The van der Waals surface area contributed by atoms with E-state index in [1.165, 1.54) is 12.8 Å². The van der Waals surface area contributed by atoms with Crippen LogP contribution in [0, 0.1) is 5.92 Å². The zero-order valence-corrected chi connectivity index (χ0v) is 11.3. The van der Waals surface area contributed by atoms with Crippen LogP contribution in [0.3, 0.4) is 0 Å².